The third-order valence-electron chi connectivity index (χ3n) is 3.74. The van der Waals surface area contributed by atoms with Crippen LogP contribution in [0.3, 0.4) is 0 Å². The van der Waals surface area contributed by atoms with Gasteiger partial charge in [0.1, 0.15) is 5.75 Å². The van der Waals surface area contributed by atoms with Gasteiger partial charge < -0.3 is 14.7 Å². The largest absolute Gasteiger partial charge is 0.493 e. The van der Waals surface area contributed by atoms with Crippen LogP contribution in [0.25, 0.3) is 0 Å². The van der Waals surface area contributed by atoms with Crippen molar-refractivity contribution in [3.63, 3.8) is 0 Å². The van der Waals surface area contributed by atoms with E-state index in [9.17, 15) is 9.59 Å². The first-order valence-corrected chi connectivity index (χ1v) is 7.72. The van der Waals surface area contributed by atoms with Crippen molar-refractivity contribution in [2.24, 2.45) is 11.8 Å². The summed E-state index contributed by atoms with van der Waals surface area (Å²) in [7, 11) is 0. The van der Waals surface area contributed by atoms with E-state index in [-0.39, 0.29) is 5.91 Å². The fraction of sp³-hybridized carbons (Fsp3) is 0.529. The molecule has 5 nitrogen and oxygen atoms in total. The highest BCUT2D eigenvalue weighted by Gasteiger charge is 2.28. The molecule has 1 aliphatic heterocycles. The molecule has 1 aromatic carbocycles. The number of likely N-dealkylation sites (tertiary alicyclic amines) is 1. The molecular weight excluding hydrogens is 282 g/mol. The van der Waals surface area contributed by atoms with Crippen molar-refractivity contribution in [3.05, 3.63) is 29.8 Å². The summed E-state index contributed by atoms with van der Waals surface area (Å²) in [4.78, 5) is 25.1. The van der Waals surface area contributed by atoms with E-state index in [0.29, 0.717) is 37.6 Å². The Kier molecular flexibility index (Phi) is 5.41. The second-order valence-electron chi connectivity index (χ2n) is 6.16. The normalized spacial score (nSPS) is 18.3. The molecule has 0 radical (unpaired) electrons. The lowest BCUT2D eigenvalue weighted by atomic mass is 9.97. The molecule has 1 fully saturated rings. The number of aliphatic carboxylic acids is 1. The van der Waals surface area contributed by atoms with Crippen molar-refractivity contribution in [1.82, 2.24) is 4.90 Å². The summed E-state index contributed by atoms with van der Waals surface area (Å²) >= 11 is 0. The number of carboxylic acid groups (broad SMARTS) is 1. The van der Waals surface area contributed by atoms with Crippen LogP contribution in [-0.4, -0.2) is 41.6 Å². The molecule has 2 rings (SSSR count). The summed E-state index contributed by atoms with van der Waals surface area (Å²) in [6.45, 7) is 5.70. The van der Waals surface area contributed by atoms with Gasteiger partial charge in [-0.2, -0.15) is 0 Å². The van der Waals surface area contributed by atoms with Crippen LogP contribution in [0.15, 0.2) is 24.3 Å². The number of carboxylic acids is 1. The Bertz CT molecular complexity index is 524. The van der Waals surface area contributed by atoms with Crippen LogP contribution in [0.1, 0.15) is 37.0 Å². The van der Waals surface area contributed by atoms with Gasteiger partial charge in [-0.1, -0.05) is 13.8 Å². The Morgan fingerprint density at radius 2 is 2.00 bits per heavy atom. The lowest BCUT2D eigenvalue weighted by molar-refractivity contribution is -0.143. The van der Waals surface area contributed by atoms with Gasteiger partial charge in [0.25, 0.3) is 5.91 Å². The maximum Gasteiger partial charge on any atom is 0.308 e. The maximum atomic E-state index is 12.4. The van der Waals surface area contributed by atoms with Crippen molar-refractivity contribution < 1.29 is 19.4 Å². The predicted molar refractivity (Wildman–Crippen MR) is 83.0 cm³/mol. The summed E-state index contributed by atoms with van der Waals surface area (Å²) < 4.78 is 5.59. The summed E-state index contributed by atoms with van der Waals surface area (Å²) in [5.74, 6) is -0.197. The molecule has 0 aromatic heterocycles. The Morgan fingerprint density at radius 3 is 2.59 bits per heavy atom. The van der Waals surface area contributed by atoms with Crippen molar-refractivity contribution in [1.29, 1.82) is 0 Å². The smallest absolute Gasteiger partial charge is 0.308 e. The first kappa shape index (κ1) is 16.3. The number of piperidine rings is 1. The average molecular weight is 305 g/mol. The molecule has 0 aliphatic carbocycles. The average Bonchev–Trinajstić information content (AvgIpc) is 2.53. The van der Waals surface area contributed by atoms with Crippen molar-refractivity contribution >= 4 is 11.9 Å². The number of carbonyl (C=O) groups excluding carboxylic acids is 1. The van der Waals surface area contributed by atoms with E-state index < -0.39 is 11.9 Å². The minimum absolute atomic E-state index is 0.110. The molecule has 22 heavy (non-hydrogen) atoms. The molecule has 1 aliphatic rings. The van der Waals surface area contributed by atoms with Crippen molar-refractivity contribution in [2.45, 2.75) is 26.7 Å². The van der Waals surface area contributed by atoms with E-state index in [4.69, 9.17) is 9.84 Å². The highest BCUT2D eigenvalue weighted by Crippen LogP contribution is 2.20. The van der Waals surface area contributed by atoms with Crippen LogP contribution in [0.5, 0.6) is 5.75 Å². The van der Waals surface area contributed by atoms with Crippen LogP contribution >= 0.6 is 0 Å². The van der Waals surface area contributed by atoms with Gasteiger partial charge in [-0.3, -0.25) is 9.59 Å². The van der Waals surface area contributed by atoms with E-state index in [1.54, 1.807) is 29.2 Å². The maximum absolute atomic E-state index is 12.4. The summed E-state index contributed by atoms with van der Waals surface area (Å²) in [5.41, 5.74) is 0.572. The van der Waals surface area contributed by atoms with Gasteiger partial charge in [-0.05, 0) is 43.0 Å². The molecule has 1 amide bonds. The number of carbonyl (C=O) groups is 2. The van der Waals surface area contributed by atoms with E-state index in [2.05, 4.69) is 13.8 Å². The Morgan fingerprint density at radius 1 is 1.32 bits per heavy atom. The van der Waals surface area contributed by atoms with Crippen LogP contribution < -0.4 is 4.74 Å². The summed E-state index contributed by atoms with van der Waals surface area (Å²) in [6, 6.07) is 7.05. The summed E-state index contributed by atoms with van der Waals surface area (Å²) in [6.07, 6.45) is 1.37. The molecule has 1 unspecified atom stereocenters. The van der Waals surface area contributed by atoms with Crippen LogP contribution in [-0.2, 0) is 4.79 Å². The molecule has 5 heteroatoms. The zero-order valence-electron chi connectivity index (χ0n) is 13.1. The van der Waals surface area contributed by atoms with Crippen molar-refractivity contribution in [3.8, 4) is 5.75 Å². The number of amides is 1. The monoisotopic (exact) mass is 305 g/mol. The SMILES string of the molecule is CC(C)COc1ccc(C(=O)N2CCCC(C(=O)O)C2)cc1. The van der Waals surface area contributed by atoms with Gasteiger partial charge in [0.2, 0.25) is 0 Å². The number of ether oxygens (including phenoxy) is 1. The number of rotatable bonds is 5. The molecule has 1 atom stereocenters. The molecule has 1 heterocycles. The fourth-order valence-electron chi connectivity index (χ4n) is 2.50. The molecule has 1 saturated heterocycles. The molecule has 120 valence electrons. The van der Waals surface area contributed by atoms with E-state index in [0.717, 1.165) is 12.2 Å². The number of benzene rings is 1. The van der Waals surface area contributed by atoms with Crippen LogP contribution in [0, 0.1) is 11.8 Å². The third kappa shape index (κ3) is 4.23. The van der Waals surface area contributed by atoms with E-state index in [1.807, 2.05) is 0 Å². The zero-order chi connectivity index (χ0) is 16.1. The molecule has 1 aromatic rings. The van der Waals surface area contributed by atoms with Gasteiger partial charge in [-0.15, -0.1) is 0 Å². The lowest BCUT2D eigenvalue weighted by Gasteiger charge is -2.30. The minimum Gasteiger partial charge on any atom is -0.493 e. The number of hydrogen-bond acceptors (Lipinski definition) is 3. The lowest BCUT2D eigenvalue weighted by Crippen LogP contribution is -2.42. The third-order valence-corrected chi connectivity index (χ3v) is 3.74. The number of nitrogens with zero attached hydrogens (tertiary/aromatic N) is 1. The van der Waals surface area contributed by atoms with Crippen LogP contribution in [0.4, 0.5) is 0 Å². The predicted octanol–water partition coefficient (Wildman–Crippen LogP) is 2.66. The quantitative estimate of drug-likeness (QED) is 0.908. The van der Waals surface area contributed by atoms with E-state index >= 15 is 0 Å². The van der Waals surface area contributed by atoms with Gasteiger partial charge in [0.15, 0.2) is 0 Å². The minimum atomic E-state index is -0.824. The molecule has 1 N–H and O–H groups in total. The first-order valence-electron chi connectivity index (χ1n) is 7.72. The van der Waals surface area contributed by atoms with Crippen molar-refractivity contribution in [2.75, 3.05) is 19.7 Å². The Hall–Kier alpha value is -2.04. The van der Waals surface area contributed by atoms with Gasteiger partial charge in [-0.25, -0.2) is 0 Å². The topological polar surface area (TPSA) is 66.8 Å². The fourth-order valence-corrected chi connectivity index (χ4v) is 2.50. The Balaban J connectivity index is 1.98. The zero-order valence-corrected chi connectivity index (χ0v) is 13.1. The van der Waals surface area contributed by atoms with Gasteiger partial charge in [0.05, 0.1) is 12.5 Å². The molecule has 0 saturated carbocycles. The summed E-state index contributed by atoms with van der Waals surface area (Å²) in [5, 5.41) is 9.09. The van der Waals surface area contributed by atoms with Gasteiger partial charge in [0, 0.05) is 18.7 Å². The Labute approximate surface area is 130 Å². The molecule has 0 bridgehead atoms. The highest BCUT2D eigenvalue weighted by molar-refractivity contribution is 5.94. The van der Waals surface area contributed by atoms with Gasteiger partial charge >= 0.3 is 5.97 Å². The molecular formula is C17H23NO4. The standard InChI is InChI=1S/C17H23NO4/c1-12(2)11-22-15-7-5-13(6-8-15)16(19)18-9-3-4-14(10-18)17(20)21/h5-8,12,14H,3-4,9-11H2,1-2H3,(H,20,21). The first-order chi connectivity index (χ1) is 10.5. The van der Waals surface area contributed by atoms with Crippen LogP contribution in [0.2, 0.25) is 0 Å². The second-order valence-corrected chi connectivity index (χ2v) is 6.16. The molecule has 0 spiro atoms. The highest BCUT2D eigenvalue weighted by atomic mass is 16.5. The number of hydrogen-bond donors (Lipinski definition) is 1. The van der Waals surface area contributed by atoms with E-state index in [1.165, 1.54) is 0 Å². The second kappa shape index (κ2) is 7.29.